The molecule has 0 aromatic heterocycles. The Kier molecular flexibility index (Phi) is 3.40. The molecule has 0 unspecified atom stereocenters. The van der Waals surface area contributed by atoms with Gasteiger partial charge in [0.1, 0.15) is 6.10 Å². The van der Waals surface area contributed by atoms with Crippen LogP contribution in [0.4, 0.5) is 13.2 Å². The van der Waals surface area contributed by atoms with Gasteiger partial charge in [-0.2, -0.15) is 13.2 Å². The highest BCUT2D eigenvalue weighted by Crippen LogP contribution is 2.39. The molecule has 6 heteroatoms. The zero-order valence-corrected chi connectivity index (χ0v) is 11.0. The summed E-state index contributed by atoms with van der Waals surface area (Å²) in [5.74, 6) is -0.492. The molecule has 0 aliphatic carbocycles. The van der Waals surface area contributed by atoms with Gasteiger partial charge in [0.15, 0.2) is 0 Å². The van der Waals surface area contributed by atoms with E-state index in [9.17, 15) is 18.0 Å². The first-order valence-electron chi connectivity index (χ1n) is 5.34. The Morgan fingerprint density at radius 2 is 2.00 bits per heavy atom. The van der Waals surface area contributed by atoms with Crippen LogP contribution in [-0.2, 0) is 15.7 Å². The number of rotatable bonds is 1. The lowest BCUT2D eigenvalue weighted by Gasteiger charge is -2.16. The average molecular weight is 323 g/mol. The number of cyclic esters (lactones) is 1. The number of esters is 1. The molecular formula is C12H10BrF3O2. The Balaban J connectivity index is 2.40. The number of halogens is 4. The molecule has 0 saturated carbocycles. The van der Waals surface area contributed by atoms with E-state index < -0.39 is 17.8 Å². The first kappa shape index (κ1) is 13.4. The van der Waals surface area contributed by atoms with Gasteiger partial charge in [-0.25, -0.2) is 0 Å². The molecule has 1 aromatic rings. The molecular weight excluding hydrogens is 313 g/mol. The summed E-state index contributed by atoms with van der Waals surface area (Å²) < 4.78 is 43.4. The van der Waals surface area contributed by atoms with Gasteiger partial charge >= 0.3 is 12.1 Å². The number of ether oxygens (including phenoxy) is 1. The predicted molar refractivity (Wildman–Crippen MR) is 61.8 cm³/mol. The first-order chi connectivity index (χ1) is 8.27. The number of hydrogen-bond donors (Lipinski definition) is 0. The first-order valence-corrected chi connectivity index (χ1v) is 6.14. The van der Waals surface area contributed by atoms with Crippen LogP contribution < -0.4 is 0 Å². The number of carbonyl (C=O) groups excluding carboxylic acids is 1. The topological polar surface area (TPSA) is 26.3 Å². The van der Waals surface area contributed by atoms with E-state index in [1.807, 2.05) is 0 Å². The molecule has 0 bridgehead atoms. The number of carbonyl (C=O) groups is 1. The van der Waals surface area contributed by atoms with Gasteiger partial charge in [-0.05, 0) is 23.8 Å². The summed E-state index contributed by atoms with van der Waals surface area (Å²) >= 11 is 3.05. The number of alkyl halides is 3. The number of benzene rings is 1. The second-order valence-electron chi connectivity index (χ2n) is 4.36. The van der Waals surface area contributed by atoms with Crippen molar-refractivity contribution in [2.75, 3.05) is 0 Å². The molecule has 1 saturated heterocycles. The molecule has 0 radical (unpaired) electrons. The van der Waals surface area contributed by atoms with Crippen LogP contribution in [0.25, 0.3) is 0 Å². The minimum atomic E-state index is -4.41. The van der Waals surface area contributed by atoms with Gasteiger partial charge in [0, 0.05) is 10.4 Å². The molecule has 18 heavy (non-hydrogen) atoms. The van der Waals surface area contributed by atoms with E-state index in [4.69, 9.17) is 4.74 Å². The maximum Gasteiger partial charge on any atom is 0.416 e. The van der Waals surface area contributed by atoms with Gasteiger partial charge in [0.2, 0.25) is 0 Å². The van der Waals surface area contributed by atoms with Gasteiger partial charge in [0.05, 0.1) is 12.0 Å². The van der Waals surface area contributed by atoms with Crippen molar-refractivity contribution in [3.8, 4) is 0 Å². The van der Waals surface area contributed by atoms with E-state index in [1.165, 1.54) is 0 Å². The Hall–Kier alpha value is -1.04. The third-order valence-electron chi connectivity index (χ3n) is 2.84. The molecule has 98 valence electrons. The maximum atomic E-state index is 12.7. The third-order valence-corrected chi connectivity index (χ3v) is 3.30. The Labute approximate surface area is 110 Å². The van der Waals surface area contributed by atoms with Gasteiger partial charge in [-0.1, -0.05) is 22.9 Å². The van der Waals surface area contributed by atoms with E-state index in [0.717, 1.165) is 12.1 Å². The minimum Gasteiger partial charge on any atom is -0.457 e. The molecule has 1 heterocycles. The lowest BCUT2D eigenvalue weighted by atomic mass is 9.96. The van der Waals surface area contributed by atoms with Crippen LogP contribution >= 0.6 is 15.9 Å². The van der Waals surface area contributed by atoms with Crippen molar-refractivity contribution in [3.63, 3.8) is 0 Å². The van der Waals surface area contributed by atoms with Crippen molar-refractivity contribution in [2.45, 2.75) is 25.6 Å². The molecule has 2 nitrogen and oxygen atoms in total. The third kappa shape index (κ3) is 2.68. The molecule has 2 rings (SSSR count). The van der Waals surface area contributed by atoms with Crippen LogP contribution in [0.2, 0.25) is 0 Å². The fourth-order valence-corrected chi connectivity index (χ4v) is 2.52. The van der Waals surface area contributed by atoms with Crippen LogP contribution in [0.1, 0.15) is 30.6 Å². The lowest BCUT2D eigenvalue weighted by molar-refractivity contribution is -0.141. The highest BCUT2D eigenvalue weighted by atomic mass is 79.9. The van der Waals surface area contributed by atoms with Crippen LogP contribution in [0.15, 0.2) is 22.7 Å². The van der Waals surface area contributed by atoms with Crippen molar-refractivity contribution >= 4 is 21.9 Å². The largest absolute Gasteiger partial charge is 0.457 e. The fourth-order valence-electron chi connectivity index (χ4n) is 2.01. The van der Waals surface area contributed by atoms with E-state index in [-0.39, 0.29) is 18.3 Å². The summed E-state index contributed by atoms with van der Waals surface area (Å²) in [4.78, 5) is 11.1. The maximum absolute atomic E-state index is 12.7. The van der Waals surface area contributed by atoms with Crippen molar-refractivity contribution in [2.24, 2.45) is 5.92 Å². The van der Waals surface area contributed by atoms with Crippen molar-refractivity contribution < 1.29 is 22.7 Å². The Morgan fingerprint density at radius 3 is 2.50 bits per heavy atom. The van der Waals surface area contributed by atoms with E-state index in [0.29, 0.717) is 10.0 Å². The fraction of sp³-hybridized carbons (Fsp3) is 0.417. The monoisotopic (exact) mass is 322 g/mol. The molecule has 0 spiro atoms. The molecule has 1 aromatic carbocycles. The second-order valence-corrected chi connectivity index (χ2v) is 5.28. The van der Waals surface area contributed by atoms with Gasteiger partial charge in [0.25, 0.3) is 0 Å². The van der Waals surface area contributed by atoms with Crippen LogP contribution in [0.5, 0.6) is 0 Å². The van der Waals surface area contributed by atoms with E-state index >= 15 is 0 Å². The molecule has 1 fully saturated rings. The van der Waals surface area contributed by atoms with Crippen LogP contribution in [-0.4, -0.2) is 5.97 Å². The van der Waals surface area contributed by atoms with Crippen LogP contribution in [0.3, 0.4) is 0 Å². The quantitative estimate of drug-likeness (QED) is 0.728. The number of hydrogen-bond acceptors (Lipinski definition) is 2. The summed E-state index contributed by atoms with van der Waals surface area (Å²) in [6.45, 7) is 1.78. The standard InChI is InChI=1S/C12H10BrF3O2/c1-6-2-10(17)18-11(6)7-3-8(12(14,15)16)5-9(13)4-7/h3-6,11H,2H2,1H3/t6-,11+/m1/s1. The van der Waals surface area contributed by atoms with E-state index in [2.05, 4.69) is 15.9 Å². The molecule has 1 aliphatic heterocycles. The summed E-state index contributed by atoms with van der Waals surface area (Å²) in [5.41, 5.74) is -0.378. The van der Waals surface area contributed by atoms with Gasteiger partial charge in [-0.3, -0.25) is 4.79 Å². The van der Waals surface area contributed by atoms with Gasteiger partial charge in [-0.15, -0.1) is 0 Å². The summed E-state index contributed by atoms with van der Waals surface area (Å²) in [7, 11) is 0. The highest BCUT2D eigenvalue weighted by molar-refractivity contribution is 9.10. The van der Waals surface area contributed by atoms with Crippen LogP contribution in [0, 0.1) is 5.92 Å². The smallest absolute Gasteiger partial charge is 0.416 e. The molecule has 0 N–H and O–H groups in total. The summed E-state index contributed by atoms with van der Waals surface area (Å²) in [6, 6.07) is 3.59. The second kappa shape index (κ2) is 4.57. The van der Waals surface area contributed by atoms with Crippen molar-refractivity contribution in [1.82, 2.24) is 0 Å². The molecule has 1 aliphatic rings. The molecule has 0 amide bonds. The normalized spacial score (nSPS) is 24.2. The molecule has 2 atom stereocenters. The highest BCUT2D eigenvalue weighted by Gasteiger charge is 2.36. The Morgan fingerprint density at radius 1 is 1.33 bits per heavy atom. The van der Waals surface area contributed by atoms with E-state index in [1.54, 1.807) is 13.0 Å². The predicted octanol–water partition coefficient (Wildman–Crippen LogP) is 4.09. The zero-order chi connectivity index (χ0) is 13.5. The average Bonchev–Trinajstić information content (AvgIpc) is 2.55. The summed E-state index contributed by atoms with van der Waals surface area (Å²) in [5, 5.41) is 0. The Bertz CT molecular complexity index is 485. The summed E-state index contributed by atoms with van der Waals surface area (Å²) in [6.07, 6.45) is -4.78. The lowest BCUT2D eigenvalue weighted by Crippen LogP contribution is -2.09. The minimum absolute atomic E-state index is 0.118. The van der Waals surface area contributed by atoms with Crippen molar-refractivity contribution in [3.05, 3.63) is 33.8 Å². The zero-order valence-electron chi connectivity index (χ0n) is 9.42. The van der Waals surface area contributed by atoms with Gasteiger partial charge < -0.3 is 4.74 Å². The van der Waals surface area contributed by atoms with Crippen molar-refractivity contribution in [1.29, 1.82) is 0 Å². The SMILES string of the molecule is C[C@@H]1CC(=O)O[C@@H]1c1cc(Br)cc(C(F)(F)F)c1.